The number of aromatic hydroxyl groups is 1. The van der Waals surface area contributed by atoms with Crippen LogP contribution in [0.1, 0.15) is 29.8 Å². The number of phenols is 1. The summed E-state index contributed by atoms with van der Waals surface area (Å²) in [7, 11) is 1.86. The predicted octanol–water partition coefficient (Wildman–Crippen LogP) is 2.56. The summed E-state index contributed by atoms with van der Waals surface area (Å²) >= 11 is 0. The Morgan fingerprint density at radius 2 is 1.95 bits per heavy atom. The standard InChI is InChI=1S/C14H17F2N3O/c1-8(11-7-18-19(3)9(11)2)17-6-10-4-12(15)14(20)13(16)5-10/h4-5,7-8,17,20H,6H2,1-3H3. The lowest BCUT2D eigenvalue weighted by Gasteiger charge is -2.14. The number of hydrogen-bond donors (Lipinski definition) is 2. The van der Waals surface area contributed by atoms with E-state index in [0.717, 1.165) is 23.4 Å². The number of aromatic nitrogens is 2. The zero-order valence-corrected chi connectivity index (χ0v) is 11.6. The van der Waals surface area contributed by atoms with Crippen molar-refractivity contribution >= 4 is 0 Å². The van der Waals surface area contributed by atoms with Crippen molar-refractivity contribution in [2.24, 2.45) is 7.05 Å². The molecule has 0 radical (unpaired) electrons. The van der Waals surface area contributed by atoms with Crippen molar-refractivity contribution in [1.29, 1.82) is 0 Å². The van der Waals surface area contributed by atoms with E-state index in [9.17, 15) is 8.78 Å². The first kappa shape index (κ1) is 14.5. The van der Waals surface area contributed by atoms with Gasteiger partial charge in [-0.2, -0.15) is 5.10 Å². The van der Waals surface area contributed by atoms with Gasteiger partial charge >= 0.3 is 0 Å². The fourth-order valence-corrected chi connectivity index (χ4v) is 2.04. The van der Waals surface area contributed by atoms with Crippen molar-refractivity contribution in [1.82, 2.24) is 15.1 Å². The van der Waals surface area contributed by atoms with E-state index < -0.39 is 17.4 Å². The summed E-state index contributed by atoms with van der Waals surface area (Å²) in [6.07, 6.45) is 1.77. The number of nitrogens with one attached hydrogen (secondary N) is 1. The molecule has 2 N–H and O–H groups in total. The van der Waals surface area contributed by atoms with Crippen molar-refractivity contribution in [3.63, 3.8) is 0 Å². The Bertz CT molecular complexity index is 602. The minimum Gasteiger partial charge on any atom is -0.503 e. The number of benzene rings is 1. The molecule has 0 spiro atoms. The summed E-state index contributed by atoms with van der Waals surface area (Å²) in [5, 5.41) is 16.4. The molecule has 1 aromatic carbocycles. The first-order chi connectivity index (χ1) is 9.40. The molecular formula is C14H17F2N3O. The van der Waals surface area contributed by atoms with E-state index in [1.807, 2.05) is 20.9 Å². The quantitative estimate of drug-likeness (QED) is 0.905. The van der Waals surface area contributed by atoms with E-state index in [1.54, 1.807) is 10.9 Å². The first-order valence-corrected chi connectivity index (χ1v) is 6.29. The average Bonchev–Trinajstić information content (AvgIpc) is 2.73. The van der Waals surface area contributed by atoms with Gasteiger partial charge in [0, 0.05) is 30.9 Å². The van der Waals surface area contributed by atoms with Crippen LogP contribution in [0.25, 0.3) is 0 Å². The van der Waals surface area contributed by atoms with Gasteiger partial charge in [-0.1, -0.05) is 0 Å². The van der Waals surface area contributed by atoms with Crippen LogP contribution in [0.4, 0.5) is 8.78 Å². The minimum atomic E-state index is -0.952. The molecule has 0 amide bonds. The van der Waals surface area contributed by atoms with Gasteiger partial charge in [-0.25, -0.2) is 8.78 Å². The van der Waals surface area contributed by atoms with Gasteiger partial charge in [0.1, 0.15) is 0 Å². The minimum absolute atomic E-state index is 0.00336. The molecule has 0 saturated heterocycles. The lowest BCUT2D eigenvalue weighted by atomic mass is 10.1. The molecule has 0 aliphatic heterocycles. The molecule has 2 rings (SSSR count). The summed E-state index contributed by atoms with van der Waals surface area (Å²) in [6, 6.07) is 2.24. The summed E-state index contributed by atoms with van der Waals surface area (Å²) in [5.74, 6) is -2.84. The maximum absolute atomic E-state index is 13.2. The highest BCUT2D eigenvalue weighted by atomic mass is 19.1. The number of rotatable bonds is 4. The van der Waals surface area contributed by atoms with Crippen LogP contribution in [0.2, 0.25) is 0 Å². The monoisotopic (exact) mass is 281 g/mol. The Hall–Kier alpha value is -1.95. The highest BCUT2D eigenvalue weighted by molar-refractivity contribution is 5.30. The molecule has 6 heteroatoms. The van der Waals surface area contributed by atoms with Gasteiger partial charge in [0.25, 0.3) is 0 Å². The van der Waals surface area contributed by atoms with Gasteiger partial charge in [0.05, 0.1) is 6.20 Å². The Kier molecular flexibility index (Phi) is 4.04. The highest BCUT2D eigenvalue weighted by Crippen LogP contribution is 2.22. The van der Waals surface area contributed by atoms with Crippen LogP contribution in [0.5, 0.6) is 5.75 Å². The maximum atomic E-state index is 13.2. The molecular weight excluding hydrogens is 264 g/mol. The molecule has 1 atom stereocenters. The maximum Gasteiger partial charge on any atom is 0.187 e. The predicted molar refractivity (Wildman–Crippen MR) is 71.2 cm³/mol. The Morgan fingerprint density at radius 3 is 2.45 bits per heavy atom. The first-order valence-electron chi connectivity index (χ1n) is 6.29. The van der Waals surface area contributed by atoms with E-state index in [2.05, 4.69) is 10.4 Å². The third-order valence-corrected chi connectivity index (χ3v) is 3.43. The van der Waals surface area contributed by atoms with E-state index in [4.69, 9.17) is 5.11 Å². The summed E-state index contributed by atoms with van der Waals surface area (Å²) in [5.41, 5.74) is 2.51. The Labute approximate surface area is 116 Å². The summed E-state index contributed by atoms with van der Waals surface area (Å²) < 4.78 is 28.2. The van der Waals surface area contributed by atoms with Gasteiger partial charge in [-0.05, 0) is 31.5 Å². The van der Waals surface area contributed by atoms with Crippen molar-refractivity contribution in [3.05, 3.63) is 46.8 Å². The molecule has 1 aromatic heterocycles. The summed E-state index contributed by atoms with van der Waals surface area (Å²) in [6.45, 7) is 4.21. The van der Waals surface area contributed by atoms with Gasteiger partial charge in [0.15, 0.2) is 17.4 Å². The van der Waals surface area contributed by atoms with E-state index in [-0.39, 0.29) is 6.04 Å². The summed E-state index contributed by atoms with van der Waals surface area (Å²) in [4.78, 5) is 0. The molecule has 0 aliphatic carbocycles. The molecule has 0 aliphatic rings. The van der Waals surface area contributed by atoms with Crippen molar-refractivity contribution < 1.29 is 13.9 Å². The van der Waals surface area contributed by atoms with Crippen LogP contribution in [0.3, 0.4) is 0 Å². The van der Waals surface area contributed by atoms with Crippen LogP contribution in [0.15, 0.2) is 18.3 Å². The van der Waals surface area contributed by atoms with Gasteiger partial charge in [-0.15, -0.1) is 0 Å². The molecule has 108 valence electrons. The SMILES string of the molecule is Cc1c(C(C)NCc2cc(F)c(O)c(F)c2)cnn1C. The number of hydrogen-bond acceptors (Lipinski definition) is 3. The third kappa shape index (κ3) is 2.80. The smallest absolute Gasteiger partial charge is 0.187 e. The topological polar surface area (TPSA) is 50.1 Å². The number of nitrogens with zero attached hydrogens (tertiary/aromatic N) is 2. The van der Waals surface area contributed by atoms with E-state index >= 15 is 0 Å². The van der Waals surface area contributed by atoms with E-state index in [1.165, 1.54) is 0 Å². The van der Waals surface area contributed by atoms with Gasteiger partial charge in [0.2, 0.25) is 0 Å². The lowest BCUT2D eigenvalue weighted by Crippen LogP contribution is -2.18. The van der Waals surface area contributed by atoms with Crippen LogP contribution in [-0.4, -0.2) is 14.9 Å². The second kappa shape index (κ2) is 5.58. The molecule has 4 nitrogen and oxygen atoms in total. The fraction of sp³-hybridized carbons (Fsp3) is 0.357. The average molecular weight is 281 g/mol. The number of phenolic OH excluding ortho intramolecular Hbond substituents is 1. The van der Waals surface area contributed by atoms with Crippen molar-refractivity contribution in [3.8, 4) is 5.75 Å². The molecule has 1 unspecified atom stereocenters. The van der Waals surface area contributed by atoms with Crippen LogP contribution in [-0.2, 0) is 13.6 Å². The molecule has 0 fully saturated rings. The fourth-order valence-electron chi connectivity index (χ4n) is 2.04. The zero-order chi connectivity index (χ0) is 14.9. The molecule has 20 heavy (non-hydrogen) atoms. The number of halogens is 2. The lowest BCUT2D eigenvalue weighted by molar-refractivity contribution is 0.394. The van der Waals surface area contributed by atoms with Gasteiger partial charge < -0.3 is 10.4 Å². The highest BCUT2D eigenvalue weighted by Gasteiger charge is 2.13. The third-order valence-electron chi connectivity index (χ3n) is 3.43. The van der Waals surface area contributed by atoms with Crippen LogP contribution in [0, 0.1) is 18.6 Å². The second-order valence-corrected chi connectivity index (χ2v) is 4.82. The van der Waals surface area contributed by atoms with Crippen LogP contribution < -0.4 is 5.32 Å². The molecule has 0 bridgehead atoms. The largest absolute Gasteiger partial charge is 0.503 e. The van der Waals surface area contributed by atoms with E-state index in [0.29, 0.717) is 12.1 Å². The zero-order valence-electron chi connectivity index (χ0n) is 11.6. The van der Waals surface area contributed by atoms with Crippen molar-refractivity contribution in [2.75, 3.05) is 0 Å². The van der Waals surface area contributed by atoms with Crippen molar-refractivity contribution in [2.45, 2.75) is 26.4 Å². The molecule has 2 aromatic rings. The second-order valence-electron chi connectivity index (χ2n) is 4.82. The molecule has 0 saturated carbocycles. The molecule has 1 heterocycles. The number of aryl methyl sites for hydroxylation is 1. The van der Waals surface area contributed by atoms with Gasteiger partial charge in [-0.3, -0.25) is 4.68 Å². The van der Waals surface area contributed by atoms with Crippen LogP contribution >= 0.6 is 0 Å². The Balaban J connectivity index is 2.07. The Morgan fingerprint density at radius 1 is 1.35 bits per heavy atom. The normalized spacial score (nSPS) is 12.7.